The standard InChI is InChI=1S/C12H8F5N3/c1-5-9(14)10(18)20-11(19-5)7-4-6(13)2-3-8(7)12(15,16)17/h2-4H,1H3,(H2,18,19,20). The molecule has 0 aliphatic heterocycles. The minimum atomic E-state index is -4.72. The summed E-state index contributed by atoms with van der Waals surface area (Å²) < 4.78 is 65.1. The zero-order valence-corrected chi connectivity index (χ0v) is 10.1. The molecule has 0 atom stereocenters. The van der Waals surface area contributed by atoms with Crippen molar-refractivity contribution in [1.82, 2.24) is 9.97 Å². The van der Waals surface area contributed by atoms with E-state index in [4.69, 9.17) is 5.73 Å². The van der Waals surface area contributed by atoms with E-state index < -0.39 is 40.6 Å². The van der Waals surface area contributed by atoms with Crippen LogP contribution in [0.5, 0.6) is 0 Å². The summed E-state index contributed by atoms with van der Waals surface area (Å²) in [5.74, 6) is -2.88. The van der Waals surface area contributed by atoms with E-state index in [0.29, 0.717) is 18.2 Å². The third-order valence-corrected chi connectivity index (χ3v) is 2.57. The van der Waals surface area contributed by atoms with Crippen molar-refractivity contribution in [2.75, 3.05) is 5.73 Å². The van der Waals surface area contributed by atoms with E-state index in [1.807, 2.05) is 0 Å². The molecule has 2 N–H and O–H groups in total. The molecule has 0 radical (unpaired) electrons. The van der Waals surface area contributed by atoms with Crippen molar-refractivity contribution in [2.45, 2.75) is 13.1 Å². The maximum absolute atomic E-state index is 13.3. The average Bonchev–Trinajstić information content (AvgIpc) is 2.33. The topological polar surface area (TPSA) is 51.8 Å². The molecule has 1 heterocycles. The van der Waals surface area contributed by atoms with Gasteiger partial charge >= 0.3 is 6.18 Å². The fourth-order valence-electron chi connectivity index (χ4n) is 1.65. The summed E-state index contributed by atoms with van der Waals surface area (Å²) in [5, 5.41) is 0. The lowest BCUT2D eigenvalue weighted by Gasteiger charge is -2.13. The van der Waals surface area contributed by atoms with Gasteiger partial charge in [0, 0.05) is 5.56 Å². The molecule has 106 valence electrons. The van der Waals surface area contributed by atoms with Gasteiger partial charge in [0.1, 0.15) is 5.82 Å². The minimum Gasteiger partial charge on any atom is -0.381 e. The van der Waals surface area contributed by atoms with Gasteiger partial charge in [-0.2, -0.15) is 13.2 Å². The SMILES string of the molecule is Cc1nc(-c2cc(F)ccc2C(F)(F)F)nc(N)c1F. The van der Waals surface area contributed by atoms with Crippen LogP contribution in [0.3, 0.4) is 0 Å². The number of nitrogen functional groups attached to an aromatic ring is 1. The Hall–Kier alpha value is -2.25. The fourth-order valence-corrected chi connectivity index (χ4v) is 1.65. The summed E-state index contributed by atoms with van der Waals surface area (Å²) in [7, 11) is 0. The van der Waals surface area contributed by atoms with Crippen molar-refractivity contribution in [3.8, 4) is 11.4 Å². The summed E-state index contributed by atoms with van der Waals surface area (Å²) in [5.41, 5.74) is 3.33. The summed E-state index contributed by atoms with van der Waals surface area (Å²) in [6.45, 7) is 1.23. The van der Waals surface area contributed by atoms with E-state index in [2.05, 4.69) is 9.97 Å². The molecule has 8 heteroatoms. The van der Waals surface area contributed by atoms with Gasteiger partial charge in [0.15, 0.2) is 17.5 Å². The molecule has 0 aliphatic rings. The van der Waals surface area contributed by atoms with Gasteiger partial charge in [0.2, 0.25) is 0 Å². The van der Waals surface area contributed by atoms with Gasteiger partial charge in [-0.25, -0.2) is 18.7 Å². The molecule has 3 nitrogen and oxygen atoms in total. The first-order chi connectivity index (χ1) is 9.20. The Morgan fingerprint density at radius 1 is 1.10 bits per heavy atom. The van der Waals surface area contributed by atoms with Gasteiger partial charge in [-0.05, 0) is 25.1 Å². The van der Waals surface area contributed by atoms with Crippen molar-refractivity contribution in [3.63, 3.8) is 0 Å². The molecule has 0 aliphatic carbocycles. The van der Waals surface area contributed by atoms with E-state index in [0.717, 1.165) is 0 Å². The van der Waals surface area contributed by atoms with Crippen LogP contribution >= 0.6 is 0 Å². The highest BCUT2D eigenvalue weighted by molar-refractivity contribution is 5.63. The van der Waals surface area contributed by atoms with E-state index in [-0.39, 0.29) is 5.69 Å². The number of nitrogens with two attached hydrogens (primary N) is 1. The van der Waals surface area contributed by atoms with Gasteiger partial charge in [0.05, 0.1) is 11.3 Å². The van der Waals surface area contributed by atoms with Crippen LogP contribution in [-0.2, 0) is 6.18 Å². The van der Waals surface area contributed by atoms with Crippen molar-refractivity contribution in [2.24, 2.45) is 0 Å². The smallest absolute Gasteiger partial charge is 0.381 e. The Kier molecular flexibility index (Phi) is 3.33. The van der Waals surface area contributed by atoms with Gasteiger partial charge in [0.25, 0.3) is 0 Å². The first kappa shape index (κ1) is 14.2. The third-order valence-electron chi connectivity index (χ3n) is 2.57. The number of hydrogen-bond acceptors (Lipinski definition) is 3. The monoisotopic (exact) mass is 289 g/mol. The van der Waals surface area contributed by atoms with E-state index in [1.165, 1.54) is 6.92 Å². The van der Waals surface area contributed by atoms with Crippen LogP contribution in [0.4, 0.5) is 27.8 Å². The van der Waals surface area contributed by atoms with Crippen LogP contribution < -0.4 is 5.73 Å². The lowest BCUT2D eigenvalue weighted by atomic mass is 10.1. The van der Waals surface area contributed by atoms with Gasteiger partial charge in [-0.3, -0.25) is 0 Å². The van der Waals surface area contributed by atoms with Crippen LogP contribution in [0, 0.1) is 18.6 Å². The molecule has 0 fully saturated rings. The molecule has 20 heavy (non-hydrogen) atoms. The Balaban J connectivity index is 2.72. The first-order valence-corrected chi connectivity index (χ1v) is 5.37. The highest BCUT2D eigenvalue weighted by atomic mass is 19.4. The van der Waals surface area contributed by atoms with Crippen LogP contribution in [0.25, 0.3) is 11.4 Å². The Labute approximate surface area is 110 Å². The number of anilines is 1. The molecule has 0 saturated carbocycles. The number of hydrogen-bond donors (Lipinski definition) is 1. The van der Waals surface area contributed by atoms with Gasteiger partial charge in [-0.15, -0.1) is 0 Å². The number of rotatable bonds is 1. The van der Waals surface area contributed by atoms with E-state index in [1.54, 1.807) is 0 Å². The summed E-state index contributed by atoms with van der Waals surface area (Å²) >= 11 is 0. The molecular formula is C12H8F5N3. The van der Waals surface area contributed by atoms with Gasteiger partial charge < -0.3 is 5.73 Å². The third kappa shape index (κ3) is 2.54. The lowest BCUT2D eigenvalue weighted by molar-refractivity contribution is -0.137. The second kappa shape index (κ2) is 4.69. The number of halogens is 5. The molecular weight excluding hydrogens is 281 g/mol. The Morgan fingerprint density at radius 2 is 1.75 bits per heavy atom. The number of aromatic nitrogens is 2. The zero-order chi connectivity index (χ0) is 15.1. The number of alkyl halides is 3. The molecule has 0 bridgehead atoms. The van der Waals surface area contributed by atoms with Crippen molar-refractivity contribution in [1.29, 1.82) is 0 Å². The molecule has 2 aromatic rings. The molecule has 1 aromatic carbocycles. The average molecular weight is 289 g/mol. The van der Waals surface area contributed by atoms with Crippen molar-refractivity contribution in [3.05, 3.63) is 41.1 Å². The van der Waals surface area contributed by atoms with Crippen LogP contribution in [0.15, 0.2) is 18.2 Å². The predicted octanol–water partition coefficient (Wildman–Crippen LogP) is 3.33. The van der Waals surface area contributed by atoms with Gasteiger partial charge in [-0.1, -0.05) is 0 Å². The summed E-state index contributed by atoms with van der Waals surface area (Å²) in [4.78, 5) is 7.03. The summed E-state index contributed by atoms with van der Waals surface area (Å²) in [6.07, 6.45) is -4.72. The van der Waals surface area contributed by atoms with E-state index in [9.17, 15) is 22.0 Å². The molecule has 0 amide bonds. The fraction of sp³-hybridized carbons (Fsp3) is 0.167. The van der Waals surface area contributed by atoms with Crippen molar-refractivity contribution >= 4 is 5.82 Å². The highest BCUT2D eigenvalue weighted by Gasteiger charge is 2.34. The largest absolute Gasteiger partial charge is 0.417 e. The van der Waals surface area contributed by atoms with Crippen molar-refractivity contribution < 1.29 is 22.0 Å². The molecule has 0 unspecified atom stereocenters. The van der Waals surface area contributed by atoms with Crippen LogP contribution in [0.2, 0.25) is 0 Å². The maximum Gasteiger partial charge on any atom is 0.417 e. The summed E-state index contributed by atoms with van der Waals surface area (Å²) in [6, 6.07) is 1.88. The normalized spacial score (nSPS) is 11.7. The number of nitrogens with zero attached hydrogens (tertiary/aromatic N) is 2. The lowest BCUT2D eigenvalue weighted by Crippen LogP contribution is -2.10. The zero-order valence-electron chi connectivity index (χ0n) is 10.1. The molecule has 1 aromatic heterocycles. The second-order valence-electron chi connectivity index (χ2n) is 4.02. The molecule has 0 spiro atoms. The minimum absolute atomic E-state index is 0.218. The maximum atomic E-state index is 13.3. The Bertz CT molecular complexity index is 644. The molecule has 0 saturated heterocycles. The predicted molar refractivity (Wildman–Crippen MR) is 61.5 cm³/mol. The first-order valence-electron chi connectivity index (χ1n) is 5.37. The van der Waals surface area contributed by atoms with E-state index >= 15 is 0 Å². The van der Waals surface area contributed by atoms with Crippen LogP contribution in [0.1, 0.15) is 11.3 Å². The number of aryl methyl sites for hydroxylation is 1. The quantitative estimate of drug-likeness (QED) is 0.819. The van der Waals surface area contributed by atoms with Crippen LogP contribution in [-0.4, -0.2) is 9.97 Å². The Morgan fingerprint density at radius 3 is 2.30 bits per heavy atom. The molecule has 2 rings (SSSR count). The highest BCUT2D eigenvalue weighted by Crippen LogP contribution is 2.36. The number of benzene rings is 1. The second-order valence-corrected chi connectivity index (χ2v) is 4.02.